The summed E-state index contributed by atoms with van der Waals surface area (Å²) in [4.78, 5) is 4.34. The molecule has 1 aromatic carbocycles. The van der Waals surface area contributed by atoms with Gasteiger partial charge < -0.3 is 0 Å². The van der Waals surface area contributed by atoms with E-state index in [4.69, 9.17) is 0 Å². The maximum atomic E-state index is 12.4. The van der Waals surface area contributed by atoms with Crippen LogP contribution in [0.5, 0.6) is 0 Å². The molecule has 0 spiro atoms. The minimum atomic E-state index is -3.77. The van der Waals surface area contributed by atoms with Gasteiger partial charge in [0, 0.05) is 7.05 Å². The van der Waals surface area contributed by atoms with Crippen molar-refractivity contribution in [3.05, 3.63) is 27.8 Å². The summed E-state index contributed by atoms with van der Waals surface area (Å²) in [6.07, 6.45) is 0. The number of sulfonamides is 1. The van der Waals surface area contributed by atoms with Crippen LogP contribution < -0.4 is 4.72 Å². The molecule has 0 aliphatic carbocycles. The standard InChI is InChI=1S/C11H10BrN5O2S2/c1-6-13-8-4-3-7(5-9(8)20-6)15-21(18,19)11-10(12)14-16-17(11)2/h3-5,15H,1-2H3. The van der Waals surface area contributed by atoms with Crippen LogP contribution in [0.15, 0.2) is 27.8 Å². The number of fused-ring (bicyclic) bond motifs is 1. The molecule has 2 heterocycles. The summed E-state index contributed by atoms with van der Waals surface area (Å²) >= 11 is 4.60. The second-order valence-corrected chi connectivity index (χ2v) is 7.91. The molecule has 3 rings (SSSR count). The lowest BCUT2D eigenvalue weighted by molar-refractivity contribution is 0.578. The molecule has 0 aliphatic heterocycles. The van der Waals surface area contributed by atoms with Gasteiger partial charge in [0.25, 0.3) is 10.0 Å². The number of nitrogens with one attached hydrogen (secondary N) is 1. The van der Waals surface area contributed by atoms with Crippen molar-refractivity contribution in [2.75, 3.05) is 4.72 Å². The quantitative estimate of drug-likeness (QED) is 0.744. The third kappa shape index (κ3) is 2.65. The van der Waals surface area contributed by atoms with E-state index in [0.29, 0.717) is 5.69 Å². The van der Waals surface area contributed by atoms with Gasteiger partial charge in [-0.2, -0.15) is 8.42 Å². The number of nitrogens with zero attached hydrogens (tertiary/aromatic N) is 4. The molecule has 2 aromatic heterocycles. The lowest BCUT2D eigenvalue weighted by atomic mass is 10.3. The molecule has 0 amide bonds. The minimum absolute atomic E-state index is 0.0249. The Balaban J connectivity index is 2.01. The Kier molecular flexibility index (Phi) is 3.46. The average Bonchev–Trinajstić information content (AvgIpc) is 2.90. The van der Waals surface area contributed by atoms with Crippen LogP contribution in [0.2, 0.25) is 0 Å². The fourth-order valence-electron chi connectivity index (χ4n) is 1.91. The summed E-state index contributed by atoms with van der Waals surface area (Å²) in [5.74, 6) is 0. The molecule has 0 atom stereocenters. The Morgan fingerprint density at radius 2 is 2.14 bits per heavy atom. The van der Waals surface area contributed by atoms with Gasteiger partial charge in [-0.1, -0.05) is 5.21 Å². The molecule has 0 aliphatic rings. The first-order chi connectivity index (χ1) is 9.87. The first-order valence-electron chi connectivity index (χ1n) is 5.82. The fraction of sp³-hybridized carbons (Fsp3) is 0.182. The SMILES string of the molecule is Cc1nc2ccc(NS(=O)(=O)c3c(Br)nnn3C)cc2s1. The van der Waals surface area contributed by atoms with Gasteiger partial charge in [-0.3, -0.25) is 4.72 Å². The predicted molar refractivity (Wildman–Crippen MR) is 83.9 cm³/mol. The zero-order chi connectivity index (χ0) is 15.2. The van der Waals surface area contributed by atoms with Crippen LogP contribution in [0.4, 0.5) is 5.69 Å². The van der Waals surface area contributed by atoms with Crippen LogP contribution in [0, 0.1) is 6.92 Å². The predicted octanol–water partition coefficient (Wildman–Crippen LogP) is 2.30. The molecule has 0 saturated heterocycles. The highest BCUT2D eigenvalue weighted by Crippen LogP contribution is 2.27. The second kappa shape index (κ2) is 5.04. The molecule has 3 aromatic rings. The van der Waals surface area contributed by atoms with Crippen molar-refractivity contribution < 1.29 is 8.42 Å². The molecule has 1 N–H and O–H groups in total. The number of aromatic nitrogens is 4. The molecule has 10 heteroatoms. The van der Waals surface area contributed by atoms with E-state index in [1.54, 1.807) is 18.2 Å². The van der Waals surface area contributed by atoms with Crippen LogP contribution in [0.3, 0.4) is 0 Å². The summed E-state index contributed by atoms with van der Waals surface area (Å²) in [5.41, 5.74) is 1.32. The third-order valence-corrected chi connectivity index (χ3v) is 5.94. The topological polar surface area (TPSA) is 89.8 Å². The largest absolute Gasteiger partial charge is 0.281 e. The van der Waals surface area contributed by atoms with E-state index in [9.17, 15) is 8.42 Å². The smallest absolute Gasteiger partial charge is 0.278 e. The number of thiazole rings is 1. The molecule has 0 saturated carbocycles. The third-order valence-electron chi connectivity index (χ3n) is 2.74. The molecule has 0 unspecified atom stereocenters. The van der Waals surface area contributed by atoms with Gasteiger partial charge in [0.1, 0.15) is 0 Å². The summed E-state index contributed by atoms with van der Waals surface area (Å²) in [6, 6.07) is 5.22. The monoisotopic (exact) mass is 387 g/mol. The normalized spacial score (nSPS) is 12.0. The first kappa shape index (κ1) is 14.4. The van der Waals surface area contributed by atoms with Gasteiger partial charge in [-0.05, 0) is 41.1 Å². The summed E-state index contributed by atoms with van der Waals surface area (Å²) in [7, 11) is -2.25. The van der Waals surface area contributed by atoms with Crippen molar-refractivity contribution in [2.45, 2.75) is 11.9 Å². The van der Waals surface area contributed by atoms with Gasteiger partial charge >= 0.3 is 0 Å². The number of benzene rings is 1. The molecule has 0 fully saturated rings. The van der Waals surface area contributed by atoms with E-state index in [1.165, 1.54) is 23.1 Å². The van der Waals surface area contributed by atoms with Crippen molar-refractivity contribution in [1.29, 1.82) is 0 Å². The lowest BCUT2D eigenvalue weighted by Crippen LogP contribution is -2.17. The molecular weight excluding hydrogens is 378 g/mol. The Bertz CT molecular complexity index is 912. The van der Waals surface area contributed by atoms with Gasteiger partial charge in [-0.15, -0.1) is 16.4 Å². The Hall–Kier alpha value is -1.52. The van der Waals surface area contributed by atoms with Gasteiger partial charge in [0.05, 0.1) is 20.9 Å². The highest BCUT2D eigenvalue weighted by molar-refractivity contribution is 9.10. The van der Waals surface area contributed by atoms with Crippen molar-refractivity contribution in [3.8, 4) is 0 Å². The van der Waals surface area contributed by atoms with Gasteiger partial charge in [0.2, 0.25) is 5.03 Å². The highest BCUT2D eigenvalue weighted by Gasteiger charge is 2.24. The highest BCUT2D eigenvalue weighted by atomic mass is 79.9. The van der Waals surface area contributed by atoms with E-state index in [1.807, 2.05) is 6.92 Å². The number of aryl methyl sites for hydroxylation is 2. The van der Waals surface area contributed by atoms with E-state index >= 15 is 0 Å². The molecule has 0 bridgehead atoms. The Morgan fingerprint density at radius 3 is 2.81 bits per heavy atom. The van der Waals surface area contributed by atoms with Crippen molar-refractivity contribution in [2.24, 2.45) is 7.05 Å². The second-order valence-electron chi connectivity index (χ2n) is 4.33. The first-order valence-corrected chi connectivity index (χ1v) is 8.91. The molecule has 0 radical (unpaired) electrons. The summed E-state index contributed by atoms with van der Waals surface area (Å²) < 4.78 is 29.6. The molecule has 7 nitrogen and oxygen atoms in total. The number of halogens is 1. The van der Waals surface area contributed by atoms with Crippen LogP contribution in [-0.4, -0.2) is 28.4 Å². The van der Waals surface area contributed by atoms with Crippen LogP contribution in [-0.2, 0) is 17.1 Å². The molecular formula is C11H10BrN5O2S2. The van der Waals surface area contributed by atoms with E-state index in [-0.39, 0.29) is 9.63 Å². The van der Waals surface area contributed by atoms with Crippen molar-refractivity contribution in [3.63, 3.8) is 0 Å². The van der Waals surface area contributed by atoms with Crippen LogP contribution >= 0.6 is 27.3 Å². The average molecular weight is 388 g/mol. The Labute approximate surface area is 133 Å². The molecule has 110 valence electrons. The summed E-state index contributed by atoms with van der Waals surface area (Å²) in [5, 5.41) is 8.26. The van der Waals surface area contributed by atoms with Gasteiger partial charge in [-0.25, -0.2) is 9.67 Å². The zero-order valence-electron chi connectivity index (χ0n) is 11.0. The number of hydrogen-bond donors (Lipinski definition) is 1. The van der Waals surface area contributed by atoms with Crippen molar-refractivity contribution in [1.82, 2.24) is 20.0 Å². The molecule has 21 heavy (non-hydrogen) atoms. The van der Waals surface area contributed by atoms with E-state index in [0.717, 1.165) is 15.2 Å². The fourth-order valence-corrected chi connectivity index (χ4v) is 4.93. The van der Waals surface area contributed by atoms with E-state index in [2.05, 4.69) is 35.9 Å². The van der Waals surface area contributed by atoms with Crippen LogP contribution in [0.1, 0.15) is 5.01 Å². The number of hydrogen-bond acceptors (Lipinski definition) is 6. The van der Waals surface area contributed by atoms with Crippen molar-refractivity contribution >= 4 is 53.2 Å². The lowest BCUT2D eigenvalue weighted by Gasteiger charge is -2.07. The summed E-state index contributed by atoms with van der Waals surface area (Å²) in [6.45, 7) is 1.91. The van der Waals surface area contributed by atoms with Crippen LogP contribution in [0.25, 0.3) is 10.2 Å². The van der Waals surface area contributed by atoms with Gasteiger partial charge in [0.15, 0.2) is 4.60 Å². The number of anilines is 1. The maximum Gasteiger partial charge on any atom is 0.281 e. The minimum Gasteiger partial charge on any atom is -0.278 e. The maximum absolute atomic E-state index is 12.4. The Morgan fingerprint density at radius 1 is 1.38 bits per heavy atom. The van der Waals surface area contributed by atoms with E-state index < -0.39 is 10.0 Å². The number of rotatable bonds is 3. The zero-order valence-corrected chi connectivity index (χ0v) is 14.3.